The molecule has 82 valence electrons. The topological polar surface area (TPSA) is 58.6 Å². The van der Waals surface area contributed by atoms with Gasteiger partial charge in [-0.15, -0.1) is 0 Å². The molecule has 1 aromatic carbocycles. The summed E-state index contributed by atoms with van der Waals surface area (Å²) in [6, 6.07) is 6.68. The summed E-state index contributed by atoms with van der Waals surface area (Å²) in [7, 11) is 3.12. The van der Waals surface area contributed by atoms with Gasteiger partial charge in [0, 0.05) is 6.04 Å². The lowest BCUT2D eigenvalue weighted by Crippen LogP contribution is -2.20. The van der Waals surface area contributed by atoms with Crippen LogP contribution in [-0.4, -0.2) is 25.2 Å². The molecule has 4 heteroatoms. The minimum Gasteiger partial charge on any atom is -0.508 e. The number of rotatable bonds is 4. The molecule has 0 bridgehead atoms. The summed E-state index contributed by atoms with van der Waals surface area (Å²) in [6.45, 7) is 0. The van der Waals surface area contributed by atoms with E-state index in [2.05, 4.69) is 10.1 Å². The standard InChI is InChI=1S/C11H15NO3/c1-12-10(7-11(14)15-2)8-4-3-5-9(13)6-8/h3-6,10,12-13H,7H2,1-2H3. The number of carbonyl (C=O) groups excluding carboxylic acids is 1. The number of esters is 1. The van der Waals surface area contributed by atoms with Gasteiger partial charge in [-0.25, -0.2) is 0 Å². The molecule has 1 aromatic rings. The van der Waals surface area contributed by atoms with Crippen molar-refractivity contribution in [2.45, 2.75) is 12.5 Å². The van der Waals surface area contributed by atoms with E-state index in [4.69, 9.17) is 0 Å². The number of ether oxygens (including phenoxy) is 1. The number of methoxy groups -OCH3 is 1. The van der Waals surface area contributed by atoms with Crippen LogP contribution in [0.3, 0.4) is 0 Å². The highest BCUT2D eigenvalue weighted by molar-refractivity contribution is 5.70. The minimum absolute atomic E-state index is 0.135. The Morgan fingerprint density at radius 1 is 1.60 bits per heavy atom. The number of aromatic hydroxyl groups is 1. The number of phenolic OH excluding ortho intramolecular Hbond substituents is 1. The van der Waals surface area contributed by atoms with Gasteiger partial charge >= 0.3 is 5.97 Å². The quantitative estimate of drug-likeness (QED) is 0.732. The molecule has 1 rings (SSSR count). The molecule has 0 saturated carbocycles. The maximum absolute atomic E-state index is 11.1. The van der Waals surface area contributed by atoms with Crippen molar-refractivity contribution in [3.05, 3.63) is 29.8 Å². The van der Waals surface area contributed by atoms with Crippen molar-refractivity contribution >= 4 is 5.97 Å². The Labute approximate surface area is 88.9 Å². The van der Waals surface area contributed by atoms with E-state index in [1.54, 1.807) is 25.2 Å². The largest absolute Gasteiger partial charge is 0.508 e. The summed E-state index contributed by atoms with van der Waals surface area (Å²) in [4.78, 5) is 11.1. The molecule has 1 atom stereocenters. The maximum atomic E-state index is 11.1. The van der Waals surface area contributed by atoms with Crippen LogP contribution in [0, 0.1) is 0 Å². The van der Waals surface area contributed by atoms with Crippen LogP contribution in [0.2, 0.25) is 0 Å². The Bertz CT molecular complexity index is 338. The highest BCUT2D eigenvalue weighted by atomic mass is 16.5. The van der Waals surface area contributed by atoms with E-state index >= 15 is 0 Å². The number of nitrogens with one attached hydrogen (secondary N) is 1. The first-order valence-corrected chi connectivity index (χ1v) is 4.70. The molecule has 0 aromatic heterocycles. The smallest absolute Gasteiger partial charge is 0.307 e. The first-order chi connectivity index (χ1) is 7.17. The number of phenols is 1. The van der Waals surface area contributed by atoms with Crippen LogP contribution in [0.25, 0.3) is 0 Å². The molecule has 4 nitrogen and oxygen atoms in total. The zero-order valence-corrected chi connectivity index (χ0v) is 8.86. The van der Waals surface area contributed by atoms with Gasteiger partial charge in [0.1, 0.15) is 5.75 Å². The fraction of sp³-hybridized carbons (Fsp3) is 0.364. The number of benzene rings is 1. The van der Waals surface area contributed by atoms with Crippen LogP contribution < -0.4 is 5.32 Å². The van der Waals surface area contributed by atoms with E-state index in [9.17, 15) is 9.90 Å². The Morgan fingerprint density at radius 3 is 2.87 bits per heavy atom. The van der Waals surface area contributed by atoms with Crippen molar-refractivity contribution in [2.75, 3.05) is 14.2 Å². The van der Waals surface area contributed by atoms with Crippen LogP contribution in [0.1, 0.15) is 18.0 Å². The number of hydrogen-bond donors (Lipinski definition) is 2. The van der Waals surface area contributed by atoms with Gasteiger partial charge in [-0.2, -0.15) is 0 Å². The van der Waals surface area contributed by atoms with Crippen molar-refractivity contribution < 1.29 is 14.6 Å². The number of carbonyl (C=O) groups is 1. The van der Waals surface area contributed by atoms with Gasteiger partial charge < -0.3 is 15.2 Å². The molecule has 0 spiro atoms. The predicted octanol–water partition coefficient (Wildman–Crippen LogP) is 1.22. The maximum Gasteiger partial charge on any atom is 0.307 e. The molecule has 0 amide bonds. The Balaban J connectivity index is 2.78. The summed E-state index contributed by atoms with van der Waals surface area (Å²) < 4.78 is 4.59. The summed E-state index contributed by atoms with van der Waals surface area (Å²) >= 11 is 0. The summed E-state index contributed by atoms with van der Waals surface area (Å²) in [5.74, 6) is -0.0877. The molecule has 15 heavy (non-hydrogen) atoms. The number of hydrogen-bond acceptors (Lipinski definition) is 4. The monoisotopic (exact) mass is 209 g/mol. The Morgan fingerprint density at radius 2 is 2.33 bits per heavy atom. The molecule has 0 aliphatic heterocycles. The van der Waals surface area contributed by atoms with Crippen LogP contribution in [0.15, 0.2) is 24.3 Å². The van der Waals surface area contributed by atoms with E-state index in [0.717, 1.165) is 5.56 Å². The van der Waals surface area contributed by atoms with Crippen LogP contribution in [0.5, 0.6) is 5.75 Å². The van der Waals surface area contributed by atoms with Gasteiger partial charge in [0.25, 0.3) is 0 Å². The van der Waals surface area contributed by atoms with Crippen molar-refractivity contribution in [2.24, 2.45) is 0 Å². The lowest BCUT2D eigenvalue weighted by Gasteiger charge is -2.15. The molecule has 0 radical (unpaired) electrons. The Kier molecular flexibility index (Phi) is 4.12. The first kappa shape index (κ1) is 11.5. The molecule has 0 fully saturated rings. The molecular weight excluding hydrogens is 194 g/mol. The zero-order chi connectivity index (χ0) is 11.3. The van der Waals surface area contributed by atoms with Crippen molar-refractivity contribution in [1.82, 2.24) is 5.32 Å². The Hall–Kier alpha value is -1.55. The molecule has 0 saturated heterocycles. The highest BCUT2D eigenvalue weighted by Crippen LogP contribution is 2.20. The van der Waals surface area contributed by atoms with Gasteiger partial charge in [-0.05, 0) is 24.7 Å². The average molecular weight is 209 g/mol. The van der Waals surface area contributed by atoms with E-state index in [-0.39, 0.29) is 24.2 Å². The van der Waals surface area contributed by atoms with Crippen LogP contribution in [0.4, 0.5) is 0 Å². The fourth-order valence-electron chi connectivity index (χ4n) is 1.38. The lowest BCUT2D eigenvalue weighted by atomic mass is 10.0. The van der Waals surface area contributed by atoms with Gasteiger partial charge in [0.2, 0.25) is 0 Å². The zero-order valence-electron chi connectivity index (χ0n) is 8.86. The third kappa shape index (κ3) is 3.25. The van der Waals surface area contributed by atoms with Gasteiger partial charge in [0.15, 0.2) is 0 Å². The molecule has 2 N–H and O–H groups in total. The SMILES string of the molecule is CNC(CC(=O)OC)c1cccc(O)c1. The second-order valence-electron chi connectivity index (χ2n) is 3.22. The highest BCUT2D eigenvalue weighted by Gasteiger charge is 2.14. The normalized spacial score (nSPS) is 12.1. The third-order valence-corrected chi connectivity index (χ3v) is 2.22. The molecule has 0 aliphatic carbocycles. The van der Waals surface area contributed by atoms with Gasteiger partial charge in [-0.3, -0.25) is 4.79 Å². The third-order valence-electron chi connectivity index (χ3n) is 2.22. The average Bonchev–Trinajstić information content (AvgIpc) is 2.25. The van der Waals surface area contributed by atoms with E-state index in [0.29, 0.717) is 0 Å². The van der Waals surface area contributed by atoms with E-state index in [1.165, 1.54) is 7.11 Å². The van der Waals surface area contributed by atoms with E-state index < -0.39 is 0 Å². The molecule has 0 heterocycles. The van der Waals surface area contributed by atoms with Crippen LogP contribution >= 0.6 is 0 Å². The van der Waals surface area contributed by atoms with Gasteiger partial charge in [0.05, 0.1) is 13.5 Å². The first-order valence-electron chi connectivity index (χ1n) is 4.70. The van der Waals surface area contributed by atoms with E-state index in [1.807, 2.05) is 6.07 Å². The van der Waals surface area contributed by atoms with Crippen molar-refractivity contribution in [3.8, 4) is 5.75 Å². The summed E-state index contributed by atoms with van der Waals surface area (Å²) in [5, 5.41) is 12.3. The summed E-state index contributed by atoms with van der Waals surface area (Å²) in [5.41, 5.74) is 0.864. The second kappa shape index (κ2) is 5.36. The molecular formula is C11H15NO3. The predicted molar refractivity (Wildman–Crippen MR) is 56.5 cm³/mol. The minimum atomic E-state index is -0.280. The fourth-order valence-corrected chi connectivity index (χ4v) is 1.38. The van der Waals surface area contributed by atoms with Gasteiger partial charge in [-0.1, -0.05) is 12.1 Å². The van der Waals surface area contributed by atoms with Crippen molar-refractivity contribution in [1.29, 1.82) is 0 Å². The van der Waals surface area contributed by atoms with Crippen LogP contribution in [-0.2, 0) is 9.53 Å². The van der Waals surface area contributed by atoms with Crippen molar-refractivity contribution in [3.63, 3.8) is 0 Å². The lowest BCUT2D eigenvalue weighted by molar-refractivity contribution is -0.141. The second-order valence-corrected chi connectivity index (χ2v) is 3.22. The molecule has 1 unspecified atom stereocenters. The summed E-state index contributed by atoms with van der Waals surface area (Å²) in [6.07, 6.45) is 0.246. The molecule has 0 aliphatic rings.